The van der Waals surface area contributed by atoms with Gasteiger partial charge in [0.15, 0.2) is 0 Å². The lowest BCUT2D eigenvalue weighted by atomic mass is 10.1. The molecule has 0 radical (unpaired) electrons. The lowest BCUT2D eigenvalue weighted by Gasteiger charge is -2.25. The molecule has 1 aromatic heterocycles. The summed E-state index contributed by atoms with van der Waals surface area (Å²) in [4.78, 5) is 24.7. The highest BCUT2D eigenvalue weighted by atomic mass is 35.5. The third kappa shape index (κ3) is 3.05. The zero-order valence-electron chi connectivity index (χ0n) is 12.5. The number of nitrogens with zero attached hydrogens (tertiary/aromatic N) is 4. The third-order valence-electron chi connectivity index (χ3n) is 3.89. The zero-order chi connectivity index (χ0) is 16.6. The van der Waals surface area contributed by atoms with Gasteiger partial charge in [-0.3, -0.25) is 14.9 Å². The van der Waals surface area contributed by atoms with Crippen LogP contribution >= 0.6 is 11.6 Å². The Labute approximate surface area is 137 Å². The minimum absolute atomic E-state index is 0.0612. The van der Waals surface area contributed by atoms with Crippen molar-refractivity contribution in [1.82, 2.24) is 9.78 Å². The van der Waals surface area contributed by atoms with Gasteiger partial charge in [0.2, 0.25) is 0 Å². The number of benzene rings is 1. The first-order valence-electron chi connectivity index (χ1n) is 7.19. The van der Waals surface area contributed by atoms with Crippen LogP contribution in [0.1, 0.15) is 18.4 Å². The van der Waals surface area contributed by atoms with Gasteiger partial charge in [-0.2, -0.15) is 5.10 Å². The van der Waals surface area contributed by atoms with Gasteiger partial charge < -0.3 is 4.90 Å². The maximum Gasteiger partial charge on any atom is 0.287 e. The van der Waals surface area contributed by atoms with Crippen molar-refractivity contribution in [3.8, 4) is 0 Å². The molecule has 0 saturated heterocycles. The number of para-hydroxylation sites is 1. The fourth-order valence-corrected chi connectivity index (χ4v) is 2.79. The molecule has 0 unspecified atom stereocenters. The molecule has 8 heteroatoms. The average molecular weight is 335 g/mol. The first-order chi connectivity index (χ1) is 11.0. The lowest BCUT2D eigenvalue weighted by molar-refractivity contribution is -0.385. The number of hydrogen-bond donors (Lipinski definition) is 0. The van der Waals surface area contributed by atoms with Crippen LogP contribution in [0.15, 0.2) is 35.3 Å². The Morgan fingerprint density at radius 1 is 1.43 bits per heavy atom. The fraction of sp³-hybridized carbons (Fsp3) is 0.333. The number of aromatic nitrogens is 2. The van der Waals surface area contributed by atoms with E-state index in [0.29, 0.717) is 17.8 Å². The van der Waals surface area contributed by atoms with Gasteiger partial charge in [-0.1, -0.05) is 29.8 Å². The van der Waals surface area contributed by atoms with E-state index in [9.17, 15) is 14.9 Å². The zero-order valence-corrected chi connectivity index (χ0v) is 13.2. The van der Waals surface area contributed by atoms with E-state index >= 15 is 0 Å². The van der Waals surface area contributed by atoms with Gasteiger partial charge in [0, 0.05) is 24.7 Å². The second-order valence-corrected chi connectivity index (χ2v) is 5.90. The SMILES string of the molecule is Cn1ncc(N(Cc2ccccc2[N+](=O)[O-])C2CC2)c(Cl)c1=O. The number of anilines is 1. The monoisotopic (exact) mass is 334 g/mol. The van der Waals surface area contributed by atoms with Crippen LogP contribution in [0, 0.1) is 10.1 Å². The molecule has 1 aliphatic carbocycles. The largest absolute Gasteiger partial charge is 0.361 e. The number of nitro groups is 1. The number of rotatable bonds is 5. The van der Waals surface area contributed by atoms with E-state index < -0.39 is 4.92 Å². The molecule has 1 aliphatic rings. The second kappa shape index (κ2) is 6.00. The van der Waals surface area contributed by atoms with Crippen molar-refractivity contribution < 1.29 is 4.92 Å². The molecule has 0 aliphatic heterocycles. The van der Waals surface area contributed by atoms with E-state index in [4.69, 9.17) is 11.6 Å². The normalized spacial score (nSPS) is 13.8. The van der Waals surface area contributed by atoms with Crippen LogP contribution in [0.3, 0.4) is 0 Å². The maximum absolute atomic E-state index is 12.0. The van der Waals surface area contributed by atoms with Crippen molar-refractivity contribution >= 4 is 23.0 Å². The van der Waals surface area contributed by atoms with E-state index in [2.05, 4.69) is 5.10 Å². The number of hydrogen-bond acceptors (Lipinski definition) is 5. The van der Waals surface area contributed by atoms with Gasteiger partial charge in [-0.05, 0) is 12.8 Å². The molecular formula is C15H15ClN4O3. The standard InChI is InChI=1S/C15H15ClN4O3/c1-18-15(21)14(16)13(8-17-18)19(11-6-7-11)9-10-4-2-3-5-12(10)20(22)23/h2-5,8,11H,6-7,9H2,1H3. The predicted octanol–water partition coefficient (Wildman–Crippen LogP) is 2.51. The van der Waals surface area contributed by atoms with E-state index in [-0.39, 0.29) is 22.3 Å². The Hall–Kier alpha value is -2.41. The summed E-state index contributed by atoms with van der Waals surface area (Å²) in [5.74, 6) is 0. The molecule has 2 aromatic rings. The molecule has 1 fully saturated rings. The Bertz CT molecular complexity index is 817. The predicted molar refractivity (Wildman–Crippen MR) is 86.8 cm³/mol. The Morgan fingerprint density at radius 2 is 2.13 bits per heavy atom. The van der Waals surface area contributed by atoms with Gasteiger partial charge >= 0.3 is 0 Å². The van der Waals surface area contributed by atoms with Crippen molar-refractivity contribution in [2.24, 2.45) is 7.05 Å². The molecular weight excluding hydrogens is 320 g/mol. The Kier molecular flexibility index (Phi) is 4.04. The molecule has 3 rings (SSSR count). The van der Waals surface area contributed by atoms with E-state index in [1.807, 2.05) is 4.90 Å². The van der Waals surface area contributed by atoms with Crippen LogP contribution in [-0.4, -0.2) is 20.7 Å². The summed E-state index contributed by atoms with van der Waals surface area (Å²) in [6.45, 7) is 0.316. The maximum atomic E-state index is 12.0. The molecule has 23 heavy (non-hydrogen) atoms. The summed E-state index contributed by atoms with van der Waals surface area (Å²) < 4.78 is 1.17. The summed E-state index contributed by atoms with van der Waals surface area (Å²) >= 11 is 6.18. The molecule has 0 spiro atoms. The quantitative estimate of drug-likeness (QED) is 0.620. The highest BCUT2D eigenvalue weighted by molar-refractivity contribution is 6.33. The van der Waals surface area contributed by atoms with Crippen molar-refractivity contribution in [1.29, 1.82) is 0 Å². The minimum atomic E-state index is -0.399. The fourth-order valence-electron chi connectivity index (χ4n) is 2.51. The van der Waals surface area contributed by atoms with Gasteiger partial charge in [0.1, 0.15) is 5.02 Å². The molecule has 0 atom stereocenters. The summed E-state index contributed by atoms with van der Waals surface area (Å²) in [6, 6.07) is 6.81. The van der Waals surface area contributed by atoms with Gasteiger partial charge in [-0.25, -0.2) is 4.68 Å². The highest BCUT2D eigenvalue weighted by Gasteiger charge is 2.32. The van der Waals surface area contributed by atoms with E-state index in [0.717, 1.165) is 12.8 Å². The summed E-state index contributed by atoms with van der Waals surface area (Å²) in [6.07, 6.45) is 3.47. The van der Waals surface area contributed by atoms with Crippen LogP contribution in [0.25, 0.3) is 0 Å². The van der Waals surface area contributed by atoms with Crippen LogP contribution < -0.4 is 10.5 Å². The van der Waals surface area contributed by atoms with Crippen LogP contribution in [0.5, 0.6) is 0 Å². The molecule has 1 aromatic carbocycles. The number of aryl methyl sites for hydroxylation is 1. The van der Waals surface area contributed by atoms with Crippen LogP contribution in [0.2, 0.25) is 5.02 Å². The van der Waals surface area contributed by atoms with Gasteiger partial charge in [0.25, 0.3) is 11.2 Å². The smallest absolute Gasteiger partial charge is 0.287 e. The van der Waals surface area contributed by atoms with Crippen molar-refractivity contribution in [3.05, 3.63) is 61.5 Å². The molecule has 0 N–H and O–H groups in total. The summed E-state index contributed by atoms with van der Waals surface area (Å²) in [5, 5.41) is 15.3. The van der Waals surface area contributed by atoms with Gasteiger partial charge in [0.05, 0.1) is 23.4 Å². The van der Waals surface area contributed by atoms with Crippen molar-refractivity contribution in [2.45, 2.75) is 25.4 Å². The first kappa shape index (κ1) is 15.5. The highest BCUT2D eigenvalue weighted by Crippen LogP contribution is 2.36. The first-order valence-corrected chi connectivity index (χ1v) is 7.57. The average Bonchev–Trinajstić information content (AvgIpc) is 3.36. The third-order valence-corrected chi connectivity index (χ3v) is 4.24. The summed E-state index contributed by atoms with van der Waals surface area (Å²) in [5.41, 5.74) is 0.792. The van der Waals surface area contributed by atoms with Crippen LogP contribution in [-0.2, 0) is 13.6 Å². The van der Waals surface area contributed by atoms with E-state index in [1.54, 1.807) is 18.2 Å². The van der Waals surface area contributed by atoms with Gasteiger partial charge in [-0.15, -0.1) is 0 Å². The number of halogens is 1. The molecule has 1 heterocycles. The topological polar surface area (TPSA) is 81.3 Å². The Morgan fingerprint density at radius 3 is 2.78 bits per heavy atom. The van der Waals surface area contributed by atoms with Crippen LogP contribution in [0.4, 0.5) is 11.4 Å². The summed E-state index contributed by atoms with van der Waals surface area (Å²) in [7, 11) is 1.53. The van der Waals surface area contributed by atoms with Crippen molar-refractivity contribution in [3.63, 3.8) is 0 Å². The molecule has 7 nitrogen and oxygen atoms in total. The minimum Gasteiger partial charge on any atom is -0.361 e. The molecule has 120 valence electrons. The molecule has 1 saturated carbocycles. The van der Waals surface area contributed by atoms with Crippen molar-refractivity contribution in [2.75, 3.05) is 4.90 Å². The number of nitro benzene ring substituents is 1. The Balaban J connectivity index is 2.00. The lowest BCUT2D eigenvalue weighted by Crippen LogP contribution is -2.30. The second-order valence-electron chi connectivity index (χ2n) is 5.52. The molecule has 0 bridgehead atoms. The molecule has 0 amide bonds. The van der Waals surface area contributed by atoms with E-state index in [1.165, 1.54) is 24.0 Å².